The first-order chi connectivity index (χ1) is 7.94. The van der Waals surface area contributed by atoms with E-state index < -0.39 is 0 Å². The third-order valence-corrected chi connectivity index (χ3v) is 4.42. The minimum atomic E-state index is 0.402. The summed E-state index contributed by atoms with van der Waals surface area (Å²) in [6.07, 6.45) is 3.72. The maximum atomic E-state index is 3.53. The summed E-state index contributed by atoms with van der Waals surface area (Å²) in [5.74, 6) is 0. The monoisotopic (exact) mass is 253 g/mol. The summed E-state index contributed by atoms with van der Waals surface area (Å²) in [6, 6.07) is 2.31. The second kappa shape index (κ2) is 6.55. The average Bonchev–Trinajstić information content (AvgIpc) is 2.55. The third-order valence-electron chi connectivity index (χ3n) is 3.20. The van der Waals surface area contributed by atoms with Crippen LogP contribution < -0.4 is 5.32 Å². The molecule has 1 aromatic rings. The lowest BCUT2D eigenvalue weighted by atomic mass is 9.87. The zero-order valence-electron chi connectivity index (χ0n) is 12.0. The number of hydrogen-bond acceptors (Lipinski definition) is 2. The molecule has 0 radical (unpaired) electrons. The Morgan fingerprint density at radius 3 is 2.53 bits per heavy atom. The molecule has 0 bridgehead atoms. The Labute approximate surface area is 111 Å². The molecule has 0 amide bonds. The number of rotatable bonds is 7. The minimum Gasteiger partial charge on any atom is -0.316 e. The van der Waals surface area contributed by atoms with Crippen molar-refractivity contribution in [3.63, 3.8) is 0 Å². The number of hydrogen-bond donors (Lipinski definition) is 1. The molecule has 2 heteroatoms. The lowest BCUT2D eigenvalue weighted by molar-refractivity contribution is 0.316. The molecule has 0 aliphatic rings. The van der Waals surface area contributed by atoms with E-state index in [1.807, 2.05) is 11.3 Å². The van der Waals surface area contributed by atoms with E-state index in [0.717, 1.165) is 13.1 Å². The van der Waals surface area contributed by atoms with E-state index in [1.165, 1.54) is 29.7 Å². The highest BCUT2D eigenvalue weighted by Gasteiger charge is 2.18. The van der Waals surface area contributed by atoms with Crippen LogP contribution in [0.5, 0.6) is 0 Å². The van der Waals surface area contributed by atoms with Gasteiger partial charge in [-0.1, -0.05) is 20.8 Å². The Hall–Kier alpha value is -0.340. The highest BCUT2D eigenvalue weighted by molar-refractivity contribution is 7.12. The molecule has 98 valence electrons. The van der Waals surface area contributed by atoms with E-state index in [2.05, 4.69) is 46.0 Å². The normalized spacial score (nSPS) is 12.1. The van der Waals surface area contributed by atoms with Crippen LogP contribution in [0, 0.1) is 19.3 Å². The minimum absolute atomic E-state index is 0.402. The van der Waals surface area contributed by atoms with Crippen LogP contribution in [0.1, 0.15) is 48.9 Å². The van der Waals surface area contributed by atoms with Crippen LogP contribution >= 0.6 is 11.3 Å². The van der Waals surface area contributed by atoms with Gasteiger partial charge in [-0.15, -0.1) is 11.3 Å². The quantitative estimate of drug-likeness (QED) is 0.713. The topological polar surface area (TPSA) is 12.0 Å². The Morgan fingerprint density at radius 2 is 2.00 bits per heavy atom. The molecule has 0 aliphatic heterocycles. The summed E-state index contributed by atoms with van der Waals surface area (Å²) in [5.41, 5.74) is 1.88. The van der Waals surface area contributed by atoms with E-state index in [1.54, 1.807) is 4.88 Å². The van der Waals surface area contributed by atoms with E-state index in [9.17, 15) is 0 Å². The van der Waals surface area contributed by atoms with Gasteiger partial charge in [-0.25, -0.2) is 0 Å². The zero-order valence-corrected chi connectivity index (χ0v) is 12.8. The smallest absolute Gasteiger partial charge is 0.00774 e. The van der Waals surface area contributed by atoms with Gasteiger partial charge in [-0.2, -0.15) is 0 Å². The van der Waals surface area contributed by atoms with Crippen molar-refractivity contribution < 1.29 is 0 Å². The summed E-state index contributed by atoms with van der Waals surface area (Å²) >= 11 is 1.96. The third kappa shape index (κ3) is 5.22. The Kier molecular flexibility index (Phi) is 5.68. The van der Waals surface area contributed by atoms with Crippen molar-refractivity contribution in [3.8, 4) is 0 Å². The summed E-state index contributed by atoms with van der Waals surface area (Å²) in [7, 11) is 0. The lowest BCUT2D eigenvalue weighted by Gasteiger charge is -2.25. The Bertz CT molecular complexity index is 339. The Morgan fingerprint density at radius 1 is 1.29 bits per heavy atom. The molecule has 0 aromatic carbocycles. The van der Waals surface area contributed by atoms with Gasteiger partial charge in [0.15, 0.2) is 0 Å². The summed E-state index contributed by atoms with van der Waals surface area (Å²) < 4.78 is 0. The predicted octanol–water partition coefficient (Wildman–Crippen LogP) is 4.32. The highest BCUT2D eigenvalue weighted by Crippen LogP contribution is 2.27. The average molecular weight is 253 g/mol. The summed E-state index contributed by atoms with van der Waals surface area (Å²) in [6.45, 7) is 13.7. The molecule has 1 N–H and O–H groups in total. The van der Waals surface area contributed by atoms with Gasteiger partial charge < -0.3 is 5.32 Å². The molecule has 1 heterocycles. The van der Waals surface area contributed by atoms with Crippen LogP contribution in [0.25, 0.3) is 0 Å². The summed E-state index contributed by atoms with van der Waals surface area (Å²) in [5, 5.41) is 3.53. The van der Waals surface area contributed by atoms with Crippen LogP contribution in [0.3, 0.4) is 0 Å². The van der Waals surface area contributed by atoms with Crippen LogP contribution in [-0.2, 0) is 6.42 Å². The van der Waals surface area contributed by atoms with Gasteiger partial charge in [0.05, 0.1) is 0 Å². The molecule has 0 fully saturated rings. The van der Waals surface area contributed by atoms with Gasteiger partial charge in [0, 0.05) is 16.3 Å². The molecular formula is C15H27NS. The predicted molar refractivity (Wildman–Crippen MR) is 79.1 cm³/mol. The maximum absolute atomic E-state index is 3.53. The van der Waals surface area contributed by atoms with E-state index in [4.69, 9.17) is 0 Å². The number of nitrogens with one attached hydrogen (secondary N) is 1. The van der Waals surface area contributed by atoms with Crippen LogP contribution in [0.4, 0.5) is 0 Å². The van der Waals surface area contributed by atoms with Crippen molar-refractivity contribution in [2.75, 3.05) is 13.1 Å². The second-order valence-corrected chi connectivity index (χ2v) is 7.15. The molecule has 0 atom stereocenters. The zero-order chi connectivity index (χ0) is 12.9. The molecular weight excluding hydrogens is 226 g/mol. The van der Waals surface area contributed by atoms with Crippen molar-refractivity contribution >= 4 is 11.3 Å². The van der Waals surface area contributed by atoms with Gasteiger partial charge in [0.25, 0.3) is 0 Å². The van der Waals surface area contributed by atoms with Crippen molar-refractivity contribution in [1.82, 2.24) is 5.32 Å². The van der Waals surface area contributed by atoms with Crippen molar-refractivity contribution in [2.24, 2.45) is 5.41 Å². The SMILES string of the molecule is CCCNCC(C)(C)CCc1sc(C)cc1C. The fraction of sp³-hybridized carbons (Fsp3) is 0.733. The molecule has 1 aromatic heterocycles. The molecule has 1 rings (SSSR count). The lowest BCUT2D eigenvalue weighted by Crippen LogP contribution is -2.30. The fourth-order valence-corrected chi connectivity index (χ4v) is 3.13. The molecule has 0 saturated heterocycles. The van der Waals surface area contributed by atoms with E-state index in [-0.39, 0.29) is 0 Å². The molecule has 0 aliphatic carbocycles. The van der Waals surface area contributed by atoms with Gasteiger partial charge in [0.1, 0.15) is 0 Å². The first kappa shape index (κ1) is 14.7. The molecule has 1 nitrogen and oxygen atoms in total. The molecule has 0 spiro atoms. The standard InChI is InChI=1S/C15H27NS/c1-6-9-16-11-15(4,5)8-7-14-12(2)10-13(3)17-14/h10,16H,6-9,11H2,1-5H3. The Balaban J connectivity index is 2.40. The highest BCUT2D eigenvalue weighted by atomic mass is 32.1. The van der Waals surface area contributed by atoms with Gasteiger partial charge in [-0.05, 0) is 56.7 Å². The van der Waals surface area contributed by atoms with Gasteiger partial charge in [0.2, 0.25) is 0 Å². The van der Waals surface area contributed by atoms with Gasteiger partial charge in [-0.3, -0.25) is 0 Å². The van der Waals surface area contributed by atoms with Crippen LogP contribution in [-0.4, -0.2) is 13.1 Å². The van der Waals surface area contributed by atoms with Crippen molar-refractivity contribution in [3.05, 3.63) is 21.4 Å². The second-order valence-electron chi connectivity index (χ2n) is 5.80. The molecule has 0 unspecified atom stereocenters. The van der Waals surface area contributed by atoms with Crippen LogP contribution in [0.2, 0.25) is 0 Å². The van der Waals surface area contributed by atoms with Crippen LogP contribution in [0.15, 0.2) is 6.07 Å². The summed E-state index contributed by atoms with van der Waals surface area (Å²) in [4.78, 5) is 3.02. The van der Waals surface area contributed by atoms with Crippen molar-refractivity contribution in [1.29, 1.82) is 0 Å². The maximum Gasteiger partial charge on any atom is 0.00774 e. The molecule has 0 saturated carbocycles. The fourth-order valence-electron chi connectivity index (χ4n) is 2.08. The first-order valence-corrected chi connectivity index (χ1v) is 7.53. The number of aryl methyl sites for hydroxylation is 3. The molecule has 17 heavy (non-hydrogen) atoms. The van der Waals surface area contributed by atoms with Crippen molar-refractivity contribution in [2.45, 2.75) is 53.9 Å². The van der Waals surface area contributed by atoms with E-state index >= 15 is 0 Å². The van der Waals surface area contributed by atoms with Gasteiger partial charge >= 0.3 is 0 Å². The first-order valence-electron chi connectivity index (χ1n) is 6.71. The largest absolute Gasteiger partial charge is 0.316 e. The van der Waals surface area contributed by atoms with E-state index in [0.29, 0.717) is 5.41 Å². The number of thiophene rings is 1.